The average molecular weight is 326 g/mol. The van der Waals surface area contributed by atoms with Crippen LogP contribution in [-0.4, -0.2) is 11.8 Å². The molecule has 3 heteroatoms. The molecule has 3 aliphatic rings. The molecule has 0 amide bonds. The first-order chi connectivity index (χ1) is 11.4. The van der Waals surface area contributed by atoms with Crippen LogP contribution in [0.25, 0.3) is 0 Å². The first-order valence-corrected chi connectivity index (χ1v) is 9.26. The Morgan fingerprint density at radius 3 is 2.75 bits per heavy atom. The van der Waals surface area contributed by atoms with E-state index >= 15 is 0 Å². The van der Waals surface area contributed by atoms with Crippen LogP contribution in [0.2, 0.25) is 0 Å². The van der Waals surface area contributed by atoms with E-state index in [2.05, 4.69) is 19.9 Å². The van der Waals surface area contributed by atoms with E-state index in [-0.39, 0.29) is 11.4 Å². The van der Waals surface area contributed by atoms with Crippen LogP contribution in [0.3, 0.4) is 0 Å². The minimum atomic E-state index is -0.250. The minimum absolute atomic E-state index is 0.107. The van der Waals surface area contributed by atoms with Crippen molar-refractivity contribution in [3.63, 3.8) is 0 Å². The number of rotatable bonds is 1. The summed E-state index contributed by atoms with van der Waals surface area (Å²) in [5, 5.41) is 0. The molecule has 3 nitrogen and oxygen atoms in total. The summed E-state index contributed by atoms with van der Waals surface area (Å²) in [7, 11) is 0. The first kappa shape index (κ1) is 15.9. The van der Waals surface area contributed by atoms with Gasteiger partial charge in [0.15, 0.2) is 0 Å². The maximum atomic E-state index is 12.4. The fourth-order valence-electron chi connectivity index (χ4n) is 5.86. The van der Waals surface area contributed by atoms with E-state index in [4.69, 9.17) is 4.74 Å². The fraction of sp³-hybridized carbons (Fsp3) is 0.619. The van der Waals surface area contributed by atoms with Crippen molar-refractivity contribution in [3.05, 3.63) is 28.8 Å². The third-order valence-corrected chi connectivity index (χ3v) is 7.05. The number of aryl methyl sites for hydroxylation is 1. The van der Waals surface area contributed by atoms with Gasteiger partial charge < -0.3 is 4.74 Å². The largest absolute Gasteiger partial charge is 0.426 e. The Bertz CT molecular complexity index is 720. The maximum Gasteiger partial charge on any atom is 0.308 e. The van der Waals surface area contributed by atoms with Crippen molar-refractivity contribution in [2.24, 2.45) is 17.3 Å². The van der Waals surface area contributed by atoms with Crippen LogP contribution in [0.15, 0.2) is 12.1 Å². The zero-order valence-corrected chi connectivity index (χ0v) is 14.9. The third kappa shape index (κ3) is 2.17. The molecular weight excluding hydrogens is 300 g/mol. The lowest BCUT2D eigenvalue weighted by Crippen LogP contribution is -2.42. The molecule has 24 heavy (non-hydrogen) atoms. The van der Waals surface area contributed by atoms with Crippen LogP contribution in [0, 0.1) is 24.2 Å². The number of carbonyl (C=O) groups is 2. The standard InChI is InChI=1S/C21H26O3/c1-12-4-8-18(24-13(2)22)20-14(12)5-6-15-16(20)10-11-21(3)17(15)7-9-19(21)23/h4,8,15-17H,5-7,9-11H2,1-3H3/t15-,16+,17+,21+/m0/s1. The highest BCUT2D eigenvalue weighted by atomic mass is 16.5. The number of benzene rings is 1. The van der Waals surface area contributed by atoms with Gasteiger partial charge in [-0.2, -0.15) is 0 Å². The van der Waals surface area contributed by atoms with E-state index in [0.717, 1.165) is 44.3 Å². The molecular formula is C21H26O3. The van der Waals surface area contributed by atoms with Crippen molar-refractivity contribution in [3.8, 4) is 5.75 Å². The van der Waals surface area contributed by atoms with Gasteiger partial charge in [-0.15, -0.1) is 0 Å². The second-order valence-electron chi connectivity index (χ2n) is 8.20. The molecule has 0 aromatic heterocycles. The molecule has 0 bridgehead atoms. The predicted molar refractivity (Wildman–Crippen MR) is 92.1 cm³/mol. The molecule has 2 saturated carbocycles. The van der Waals surface area contributed by atoms with Gasteiger partial charge in [-0.1, -0.05) is 13.0 Å². The molecule has 128 valence electrons. The summed E-state index contributed by atoms with van der Waals surface area (Å²) in [6, 6.07) is 4.04. The smallest absolute Gasteiger partial charge is 0.308 e. The fourth-order valence-corrected chi connectivity index (χ4v) is 5.86. The van der Waals surface area contributed by atoms with E-state index in [1.807, 2.05) is 6.07 Å². The third-order valence-electron chi connectivity index (χ3n) is 7.05. The van der Waals surface area contributed by atoms with Crippen molar-refractivity contribution in [1.29, 1.82) is 0 Å². The van der Waals surface area contributed by atoms with E-state index < -0.39 is 0 Å². The first-order valence-electron chi connectivity index (χ1n) is 9.26. The molecule has 0 N–H and O–H groups in total. The lowest BCUT2D eigenvalue weighted by Gasteiger charge is -2.48. The zero-order chi connectivity index (χ0) is 17.1. The molecule has 0 heterocycles. The highest BCUT2D eigenvalue weighted by molar-refractivity contribution is 5.87. The molecule has 4 atom stereocenters. The van der Waals surface area contributed by atoms with Crippen LogP contribution in [0.5, 0.6) is 5.75 Å². The normalized spacial score (nSPS) is 34.3. The molecule has 1 aromatic carbocycles. The summed E-state index contributed by atoms with van der Waals surface area (Å²) >= 11 is 0. The summed E-state index contributed by atoms with van der Waals surface area (Å²) in [6.45, 7) is 5.82. The topological polar surface area (TPSA) is 43.4 Å². The van der Waals surface area contributed by atoms with E-state index in [1.54, 1.807) is 0 Å². The van der Waals surface area contributed by atoms with Gasteiger partial charge in [-0.05, 0) is 74.0 Å². The zero-order valence-electron chi connectivity index (χ0n) is 14.9. The van der Waals surface area contributed by atoms with Gasteiger partial charge in [0.25, 0.3) is 0 Å². The lowest BCUT2D eigenvalue weighted by atomic mass is 9.55. The Morgan fingerprint density at radius 2 is 2.00 bits per heavy atom. The summed E-state index contributed by atoms with van der Waals surface area (Å²) in [5.41, 5.74) is 3.84. The van der Waals surface area contributed by atoms with Gasteiger partial charge in [0.2, 0.25) is 0 Å². The molecule has 4 rings (SSSR count). The molecule has 0 radical (unpaired) electrons. The number of Topliss-reactive ketones (excluding diaryl/α,β-unsaturated/α-hetero) is 1. The molecule has 1 aromatic rings. The van der Waals surface area contributed by atoms with Crippen molar-refractivity contribution in [1.82, 2.24) is 0 Å². The molecule has 0 spiro atoms. The SMILES string of the molecule is CC(=O)Oc1ccc(C)c2c1[C@@H]1CC[C@@]3(C)C(=O)CC[C@@H]3[C@H]1CC2. The van der Waals surface area contributed by atoms with E-state index in [0.29, 0.717) is 23.5 Å². The van der Waals surface area contributed by atoms with Gasteiger partial charge in [-0.25, -0.2) is 0 Å². The van der Waals surface area contributed by atoms with Crippen molar-refractivity contribution in [2.75, 3.05) is 0 Å². The highest BCUT2D eigenvalue weighted by Gasteiger charge is 2.55. The molecule has 0 aliphatic heterocycles. The summed E-state index contributed by atoms with van der Waals surface area (Å²) in [4.78, 5) is 24.0. The number of hydrogen-bond acceptors (Lipinski definition) is 3. The molecule has 3 aliphatic carbocycles. The molecule has 0 unspecified atom stereocenters. The second-order valence-corrected chi connectivity index (χ2v) is 8.20. The Kier molecular flexibility index (Phi) is 3.59. The Labute approximate surface area is 143 Å². The average Bonchev–Trinajstić information content (AvgIpc) is 2.85. The van der Waals surface area contributed by atoms with E-state index in [1.165, 1.54) is 23.6 Å². The second kappa shape index (κ2) is 5.44. The maximum absolute atomic E-state index is 12.4. The van der Waals surface area contributed by atoms with Crippen molar-refractivity contribution in [2.45, 2.75) is 65.2 Å². The summed E-state index contributed by atoms with van der Waals surface area (Å²) in [5.74, 6) is 2.47. The quantitative estimate of drug-likeness (QED) is 0.569. The van der Waals surface area contributed by atoms with Gasteiger partial charge >= 0.3 is 5.97 Å². The molecule has 2 fully saturated rings. The number of ether oxygens (including phenoxy) is 1. The van der Waals surface area contributed by atoms with Crippen molar-refractivity contribution < 1.29 is 14.3 Å². The van der Waals surface area contributed by atoms with Crippen LogP contribution in [0.1, 0.15) is 68.6 Å². The van der Waals surface area contributed by atoms with Gasteiger partial charge in [0.05, 0.1) is 0 Å². The Balaban J connectivity index is 1.78. The van der Waals surface area contributed by atoms with Gasteiger partial charge in [0, 0.05) is 24.3 Å². The van der Waals surface area contributed by atoms with Crippen LogP contribution >= 0.6 is 0 Å². The number of carbonyl (C=O) groups excluding carboxylic acids is 2. The Hall–Kier alpha value is -1.64. The number of esters is 1. The number of fused-ring (bicyclic) bond motifs is 5. The van der Waals surface area contributed by atoms with Crippen LogP contribution in [-0.2, 0) is 16.0 Å². The van der Waals surface area contributed by atoms with Crippen LogP contribution < -0.4 is 4.74 Å². The van der Waals surface area contributed by atoms with Crippen LogP contribution in [0.4, 0.5) is 0 Å². The predicted octanol–water partition coefficient (Wildman–Crippen LogP) is 4.35. The highest BCUT2D eigenvalue weighted by Crippen LogP contribution is 2.60. The monoisotopic (exact) mass is 326 g/mol. The summed E-state index contributed by atoms with van der Waals surface area (Å²) in [6.07, 6.45) is 6.01. The lowest BCUT2D eigenvalue weighted by molar-refractivity contribution is -0.132. The van der Waals surface area contributed by atoms with E-state index in [9.17, 15) is 9.59 Å². The van der Waals surface area contributed by atoms with Gasteiger partial charge in [-0.3, -0.25) is 9.59 Å². The summed E-state index contributed by atoms with van der Waals surface area (Å²) < 4.78 is 5.57. The van der Waals surface area contributed by atoms with Gasteiger partial charge in [0.1, 0.15) is 11.5 Å². The number of ketones is 1. The minimum Gasteiger partial charge on any atom is -0.426 e. The Morgan fingerprint density at radius 1 is 1.21 bits per heavy atom. The molecule has 0 saturated heterocycles. The van der Waals surface area contributed by atoms with Crippen molar-refractivity contribution >= 4 is 11.8 Å². The number of hydrogen-bond donors (Lipinski definition) is 0.